The molecule has 322 valence electrons. The summed E-state index contributed by atoms with van der Waals surface area (Å²) in [5.74, 6) is 1.85. The van der Waals surface area contributed by atoms with Crippen molar-refractivity contribution in [3.05, 3.63) is 205 Å². The van der Waals surface area contributed by atoms with E-state index in [0.717, 1.165) is 66.8 Å². The van der Waals surface area contributed by atoms with Crippen molar-refractivity contribution in [3.8, 4) is 73.2 Å². The van der Waals surface area contributed by atoms with E-state index in [1.807, 2.05) is 36.4 Å². The van der Waals surface area contributed by atoms with Gasteiger partial charge < -0.3 is 4.57 Å². The fraction of sp³-hybridized carbons (Fsp3) is 0.164. The molecule has 10 aromatic rings. The van der Waals surface area contributed by atoms with Crippen molar-refractivity contribution in [2.45, 2.75) is 67.2 Å². The van der Waals surface area contributed by atoms with Crippen LogP contribution in [0, 0.1) is 0 Å². The van der Waals surface area contributed by atoms with E-state index in [0.29, 0.717) is 17.5 Å². The molecule has 0 fully saturated rings. The van der Waals surface area contributed by atoms with Gasteiger partial charge in [-0.15, -0.1) is 0 Å². The molecule has 0 radical (unpaired) electrons. The second kappa shape index (κ2) is 17.6. The summed E-state index contributed by atoms with van der Waals surface area (Å²) >= 11 is 0. The first kappa shape index (κ1) is 44.2. The van der Waals surface area contributed by atoms with Crippen molar-refractivity contribution in [3.63, 3.8) is 0 Å². The lowest BCUT2D eigenvalue weighted by Gasteiger charge is -2.21. The van der Waals surface area contributed by atoms with Crippen molar-refractivity contribution in [1.29, 1.82) is 0 Å². The van der Waals surface area contributed by atoms with Gasteiger partial charge >= 0.3 is 0 Å². The molecule has 65 heavy (non-hydrogen) atoms. The Morgan fingerprint density at radius 3 is 1.15 bits per heavy atom. The lowest BCUT2D eigenvalue weighted by Crippen LogP contribution is -2.10. The van der Waals surface area contributed by atoms with Crippen LogP contribution >= 0.6 is 0 Å². The quantitative estimate of drug-likeness (QED) is 0.160. The number of rotatable bonds is 7. The third kappa shape index (κ3) is 8.41. The summed E-state index contributed by atoms with van der Waals surface area (Å²) in [6, 6.07) is 69.4. The molecule has 2 heterocycles. The van der Waals surface area contributed by atoms with Crippen LogP contribution in [0.4, 0.5) is 0 Å². The molecule has 0 atom stereocenters. The summed E-state index contributed by atoms with van der Waals surface area (Å²) in [4.78, 5) is 15.9. The van der Waals surface area contributed by atoms with Crippen molar-refractivity contribution >= 4 is 21.8 Å². The Hall–Kier alpha value is -7.43. The largest absolute Gasteiger partial charge is 0.309 e. The minimum atomic E-state index is -0.0216. The molecule has 4 heteroatoms. The summed E-state index contributed by atoms with van der Waals surface area (Å²) in [6.07, 6.45) is 0. The maximum Gasteiger partial charge on any atom is 0.166 e. The fourth-order valence-corrected chi connectivity index (χ4v) is 8.79. The Bertz CT molecular complexity index is 3080. The van der Waals surface area contributed by atoms with Gasteiger partial charge in [-0.25, -0.2) is 15.0 Å². The molecule has 0 saturated carbocycles. The molecule has 0 saturated heterocycles. The lowest BCUT2D eigenvalue weighted by molar-refractivity contribution is 0.590. The molecular weight excluding hydrogens is 789 g/mol. The minimum absolute atomic E-state index is 0. The Kier molecular flexibility index (Phi) is 12.0. The molecule has 0 aliphatic carbocycles. The van der Waals surface area contributed by atoms with Gasteiger partial charge in [0.1, 0.15) is 0 Å². The molecular formula is C61H58N4. The van der Waals surface area contributed by atoms with Gasteiger partial charge in [0.15, 0.2) is 17.5 Å². The molecule has 2 aromatic heterocycles. The van der Waals surface area contributed by atoms with Gasteiger partial charge in [-0.3, -0.25) is 0 Å². The average molecular weight is 847 g/mol. The molecule has 0 aliphatic rings. The Balaban J connectivity index is 0.00000288. The van der Waals surface area contributed by atoms with E-state index >= 15 is 0 Å². The highest BCUT2D eigenvalue weighted by Gasteiger charge is 2.25. The van der Waals surface area contributed by atoms with Crippen LogP contribution in [0.3, 0.4) is 0 Å². The number of hydrogen-bond acceptors (Lipinski definition) is 3. The standard InChI is InChI=1S/C59H50N4.2CH4/c1-58(2,3)44-31-34-51-48(37-44)49-38-45(59(4,5)6)32-35-52(49)63(51)53-33-30-43(54-46(39-20-11-7-12-21-39)28-19-29-47(54)40-22-13-8-14-23-40)36-50(53)57-61-55(41-24-15-9-16-25-41)60-56(62-57)42-26-17-10-18-27-42;;/h7-38H,1-6H3;2*1H4. The minimum Gasteiger partial charge on any atom is -0.309 e. The average Bonchev–Trinajstić information content (AvgIpc) is 3.64. The number of nitrogens with zero attached hydrogens (tertiary/aromatic N) is 4. The molecule has 0 spiro atoms. The molecule has 0 N–H and O–H groups in total. The Morgan fingerprint density at radius 2 is 0.738 bits per heavy atom. The molecule has 4 nitrogen and oxygen atoms in total. The van der Waals surface area contributed by atoms with E-state index in [4.69, 9.17) is 15.0 Å². The number of aromatic nitrogens is 4. The highest BCUT2D eigenvalue weighted by molar-refractivity contribution is 6.10. The molecule has 0 bridgehead atoms. The number of benzene rings is 8. The predicted molar refractivity (Wildman–Crippen MR) is 278 cm³/mol. The molecule has 8 aromatic carbocycles. The van der Waals surface area contributed by atoms with Crippen LogP contribution in [0.25, 0.3) is 95.0 Å². The second-order valence-corrected chi connectivity index (χ2v) is 18.5. The normalized spacial score (nSPS) is 11.6. The van der Waals surface area contributed by atoms with Gasteiger partial charge in [-0.2, -0.15) is 0 Å². The van der Waals surface area contributed by atoms with Gasteiger partial charge in [0.25, 0.3) is 0 Å². The third-order valence-corrected chi connectivity index (χ3v) is 12.2. The smallest absolute Gasteiger partial charge is 0.166 e. The van der Waals surface area contributed by atoms with Crippen LogP contribution in [0.15, 0.2) is 194 Å². The van der Waals surface area contributed by atoms with Gasteiger partial charge in [-0.05, 0) is 91.7 Å². The SMILES string of the molecule is C.C.CC(C)(C)c1ccc2c(c1)c1cc(C(C)(C)C)ccc1n2-c1ccc(-c2c(-c3ccccc3)cccc2-c2ccccc2)cc1-c1nc(-c2ccccc2)nc(-c2ccccc2)n1. The number of fused-ring (bicyclic) bond motifs is 3. The van der Waals surface area contributed by atoms with Crippen LogP contribution in [0.5, 0.6) is 0 Å². The van der Waals surface area contributed by atoms with E-state index < -0.39 is 0 Å². The van der Waals surface area contributed by atoms with Crippen LogP contribution in [-0.4, -0.2) is 19.5 Å². The van der Waals surface area contributed by atoms with Gasteiger partial charge in [-0.1, -0.05) is 214 Å². The highest BCUT2D eigenvalue weighted by atomic mass is 15.1. The summed E-state index contributed by atoms with van der Waals surface area (Å²) in [7, 11) is 0. The zero-order valence-electron chi connectivity index (χ0n) is 36.8. The van der Waals surface area contributed by atoms with Gasteiger partial charge in [0.2, 0.25) is 0 Å². The Morgan fingerprint density at radius 1 is 0.338 bits per heavy atom. The van der Waals surface area contributed by atoms with E-state index in [2.05, 4.69) is 204 Å². The first-order valence-electron chi connectivity index (χ1n) is 21.9. The molecule has 10 rings (SSSR count). The number of hydrogen-bond donors (Lipinski definition) is 0. The van der Waals surface area contributed by atoms with Crippen LogP contribution < -0.4 is 0 Å². The zero-order valence-corrected chi connectivity index (χ0v) is 36.8. The van der Waals surface area contributed by atoms with Gasteiger partial charge in [0, 0.05) is 27.5 Å². The summed E-state index contributed by atoms with van der Waals surface area (Å²) in [6.45, 7) is 13.7. The molecule has 0 aliphatic heterocycles. The monoisotopic (exact) mass is 846 g/mol. The van der Waals surface area contributed by atoms with Crippen LogP contribution in [-0.2, 0) is 10.8 Å². The Labute approximate surface area is 385 Å². The fourth-order valence-electron chi connectivity index (χ4n) is 8.79. The second-order valence-electron chi connectivity index (χ2n) is 18.5. The topological polar surface area (TPSA) is 43.6 Å². The van der Waals surface area contributed by atoms with Crippen LogP contribution in [0.2, 0.25) is 0 Å². The van der Waals surface area contributed by atoms with Crippen molar-refractivity contribution in [2.75, 3.05) is 0 Å². The summed E-state index contributed by atoms with van der Waals surface area (Å²) in [5, 5.41) is 2.45. The van der Waals surface area contributed by atoms with Crippen molar-refractivity contribution in [2.24, 2.45) is 0 Å². The molecule has 0 amide bonds. The zero-order chi connectivity index (χ0) is 43.3. The predicted octanol–water partition coefficient (Wildman–Crippen LogP) is 16.8. The summed E-state index contributed by atoms with van der Waals surface area (Å²) in [5.41, 5.74) is 15.4. The maximum absolute atomic E-state index is 5.38. The van der Waals surface area contributed by atoms with E-state index in [1.165, 1.54) is 21.9 Å². The van der Waals surface area contributed by atoms with Gasteiger partial charge in [0.05, 0.1) is 16.7 Å². The third-order valence-electron chi connectivity index (χ3n) is 12.2. The molecule has 0 unspecified atom stereocenters. The van der Waals surface area contributed by atoms with Crippen molar-refractivity contribution < 1.29 is 0 Å². The first-order chi connectivity index (χ1) is 30.5. The van der Waals surface area contributed by atoms with E-state index in [9.17, 15) is 0 Å². The van der Waals surface area contributed by atoms with Crippen LogP contribution in [0.1, 0.15) is 67.5 Å². The summed E-state index contributed by atoms with van der Waals surface area (Å²) < 4.78 is 2.43. The maximum atomic E-state index is 5.38. The van der Waals surface area contributed by atoms with Crippen molar-refractivity contribution in [1.82, 2.24) is 19.5 Å². The first-order valence-corrected chi connectivity index (χ1v) is 21.9. The lowest BCUT2D eigenvalue weighted by atomic mass is 9.85. The highest BCUT2D eigenvalue weighted by Crippen LogP contribution is 2.45. The van der Waals surface area contributed by atoms with E-state index in [-0.39, 0.29) is 25.7 Å². The van der Waals surface area contributed by atoms with E-state index in [1.54, 1.807) is 0 Å².